The second-order valence-electron chi connectivity index (χ2n) is 11.8. The molecule has 2 aliphatic rings. The molecule has 1 aromatic heterocycles. The van der Waals surface area contributed by atoms with Crippen molar-refractivity contribution in [2.75, 3.05) is 18.4 Å². The van der Waals surface area contributed by atoms with Crippen molar-refractivity contribution < 1.29 is 28.6 Å². The standard InChI is InChI=1S/C31H34FN7O5/c1-18(40)28(41)38-10-9-26(24(32)16-38)43-25-8-6-19(11-21(25)13-33)27-34-17-35-29(37-27)36-23-7-5-20-14-39(15-22(20)12-23)30(42)44-31(2,3)4/h5-8,11-12,17-18,24,26,40H,9-10,14-16H2,1-4H3,(H,34,35,36,37)/t18?,24-,26+/m1/s1. The van der Waals surface area contributed by atoms with E-state index in [1.807, 2.05) is 39.0 Å². The van der Waals surface area contributed by atoms with Gasteiger partial charge in [-0.25, -0.2) is 19.2 Å². The Bertz CT molecular complexity index is 1600. The summed E-state index contributed by atoms with van der Waals surface area (Å²) in [4.78, 5) is 40.4. The lowest BCUT2D eigenvalue weighted by atomic mass is 10.0. The van der Waals surface area contributed by atoms with Crippen molar-refractivity contribution in [2.24, 2.45) is 0 Å². The van der Waals surface area contributed by atoms with E-state index in [1.54, 1.807) is 23.1 Å². The van der Waals surface area contributed by atoms with Crippen LogP contribution in [0, 0.1) is 11.3 Å². The van der Waals surface area contributed by atoms with Crippen LogP contribution >= 0.6 is 0 Å². The molecular weight excluding hydrogens is 569 g/mol. The lowest BCUT2D eigenvalue weighted by Crippen LogP contribution is -2.51. The Hall–Kier alpha value is -4.83. The van der Waals surface area contributed by atoms with Crippen molar-refractivity contribution in [3.05, 3.63) is 59.4 Å². The number of hydrogen-bond acceptors (Lipinski definition) is 10. The molecule has 5 rings (SSSR count). The number of ether oxygens (including phenoxy) is 2. The van der Waals surface area contributed by atoms with Crippen LogP contribution in [0.3, 0.4) is 0 Å². The number of likely N-dealkylation sites (tertiary alicyclic amines) is 1. The van der Waals surface area contributed by atoms with E-state index in [0.717, 1.165) is 16.8 Å². The molecule has 44 heavy (non-hydrogen) atoms. The number of aliphatic hydroxyl groups excluding tert-OH is 1. The maximum absolute atomic E-state index is 14.9. The van der Waals surface area contributed by atoms with Crippen LogP contribution in [0.5, 0.6) is 5.75 Å². The zero-order valence-corrected chi connectivity index (χ0v) is 25.0. The molecule has 1 unspecified atom stereocenters. The second kappa shape index (κ2) is 12.4. The number of nitrogens with one attached hydrogen (secondary N) is 1. The van der Waals surface area contributed by atoms with E-state index in [2.05, 4.69) is 26.3 Å². The third-order valence-corrected chi connectivity index (χ3v) is 7.20. The Kier molecular flexibility index (Phi) is 8.64. The number of aromatic nitrogens is 3. The molecule has 0 aliphatic carbocycles. The molecule has 1 fully saturated rings. The lowest BCUT2D eigenvalue weighted by Gasteiger charge is -2.35. The summed E-state index contributed by atoms with van der Waals surface area (Å²) in [5.74, 6) is 0.288. The number of hydrogen-bond donors (Lipinski definition) is 2. The first-order valence-corrected chi connectivity index (χ1v) is 14.3. The number of benzene rings is 2. The third kappa shape index (κ3) is 7.03. The predicted octanol–water partition coefficient (Wildman–Crippen LogP) is 4.10. The van der Waals surface area contributed by atoms with Gasteiger partial charge in [-0.1, -0.05) is 6.07 Å². The summed E-state index contributed by atoms with van der Waals surface area (Å²) in [5.41, 5.74) is 2.89. The number of fused-ring (bicyclic) bond motifs is 1. The minimum absolute atomic E-state index is 0.181. The third-order valence-electron chi connectivity index (χ3n) is 7.20. The van der Waals surface area contributed by atoms with Crippen molar-refractivity contribution in [2.45, 2.75) is 71.2 Å². The fourth-order valence-electron chi connectivity index (χ4n) is 5.06. The van der Waals surface area contributed by atoms with Gasteiger partial charge in [0, 0.05) is 37.3 Å². The molecule has 3 atom stereocenters. The molecule has 2 aromatic carbocycles. The molecule has 2 amide bonds. The van der Waals surface area contributed by atoms with Gasteiger partial charge in [-0.15, -0.1) is 0 Å². The average Bonchev–Trinajstić information content (AvgIpc) is 3.41. The average molecular weight is 604 g/mol. The van der Waals surface area contributed by atoms with Crippen LogP contribution in [-0.2, 0) is 22.6 Å². The van der Waals surface area contributed by atoms with E-state index >= 15 is 0 Å². The highest BCUT2D eigenvalue weighted by molar-refractivity contribution is 5.80. The molecule has 3 heterocycles. The lowest BCUT2D eigenvalue weighted by molar-refractivity contribution is -0.143. The monoisotopic (exact) mass is 603 g/mol. The molecule has 12 nitrogen and oxygen atoms in total. The molecule has 0 spiro atoms. The summed E-state index contributed by atoms with van der Waals surface area (Å²) < 4.78 is 26.2. The molecule has 1 saturated heterocycles. The van der Waals surface area contributed by atoms with Gasteiger partial charge in [-0.05, 0) is 69.2 Å². The Morgan fingerprint density at radius 2 is 1.91 bits per heavy atom. The Labute approximate surface area is 254 Å². The van der Waals surface area contributed by atoms with Gasteiger partial charge in [0.1, 0.15) is 36.0 Å². The number of carbonyl (C=O) groups is 2. The van der Waals surface area contributed by atoms with E-state index in [1.165, 1.54) is 18.2 Å². The molecule has 2 N–H and O–H groups in total. The van der Waals surface area contributed by atoms with Gasteiger partial charge in [0.2, 0.25) is 5.95 Å². The van der Waals surface area contributed by atoms with E-state index in [-0.39, 0.29) is 42.9 Å². The van der Waals surface area contributed by atoms with Crippen molar-refractivity contribution in [1.29, 1.82) is 5.26 Å². The fourth-order valence-corrected chi connectivity index (χ4v) is 5.06. The van der Waals surface area contributed by atoms with Crippen LogP contribution in [-0.4, -0.2) is 78.9 Å². The van der Waals surface area contributed by atoms with Crippen LogP contribution in [0.1, 0.15) is 50.8 Å². The van der Waals surface area contributed by atoms with Crippen LogP contribution in [0.15, 0.2) is 42.7 Å². The molecule has 0 radical (unpaired) electrons. The largest absolute Gasteiger partial charge is 0.486 e. The minimum atomic E-state index is -1.48. The van der Waals surface area contributed by atoms with Crippen molar-refractivity contribution in [3.63, 3.8) is 0 Å². The van der Waals surface area contributed by atoms with Crippen LogP contribution < -0.4 is 10.1 Å². The molecule has 0 saturated carbocycles. The molecule has 230 valence electrons. The number of nitriles is 1. The van der Waals surface area contributed by atoms with Gasteiger partial charge in [-0.2, -0.15) is 10.2 Å². The topological polar surface area (TPSA) is 154 Å². The van der Waals surface area contributed by atoms with Crippen LogP contribution in [0.2, 0.25) is 0 Å². The highest BCUT2D eigenvalue weighted by atomic mass is 19.1. The fraction of sp³-hybridized carbons (Fsp3) is 0.419. The highest BCUT2D eigenvalue weighted by Gasteiger charge is 2.34. The molecule has 13 heteroatoms. The van der Waals surface area contributed by atoms with E-state index in [0.29, 0.717) is 24.5 Å². The Morgan fingerprint density at radius 3 is 2.61 bits per heavy atom. The maximum atomic E-state index is 14.9. The maximum Gasteiger partial charge on any atom is 0.410 e. The number of halogens is 1. The quantitative estimate of drug-likeness (QED) is 0.421. The molecular formula is C31H34FN7O5. The molecule has 0 bridgehead atoms. The Balaban J connectivity index is 1.25. The summed E-state index contributed by atoms with van der Waals surface area (Å²) in [6, 6.07) is 12.7. The van der Waals surface area contributed by atoms with Gasteiger partial charge in [0.15, 0.2) is 12.0 Å². The van der Waals surface area contributed by atoms with Gasteiger partial charge in [0.05, 0.1) is 12.1 Å². The van der Waals surface area contributed by atoms with Crippen molar-refractivity contribution >= 4 is 23.6 Å². The summed E-state index contributed by atoms with van der Waals surface area (Å²) in [5, 5.41) is 22.5. The zero-order chi connectivity index (χ0) is 31.6. The summed E-state index contributed by atoms with van der Waals surface area (Å²) >= 11 is 0. The van der Waals surface area contributed by atoms with E-state index < -0.39 is 29.9 Å². The van der Waals surface area contributed by atoms with Crippen molar-refractivity contribution in [3.8, 4) is 23.2 Å². The SMILES string of the molecule is CC(O)C(=O)N1CC[C@H](Oc2ccc(-c3ncnc(Nc4ccc5c(c4)CN(C(=O)OC(C)(C)C)C5)n3)cc2C#N)[C@H](F)C1. The summed E-state index contributed by atoms with van der Waals surface area (Å²) in [7, 11) is 0. The van der Waals surface area contributed by atoms with Crippen LogP contribution in [0.4, 0.5) is 20.8 Å². The summed E-state index contributed by atoms with van der Waals surface area (Å²) in [6.45, 7) is 7.79. The smallest absolute Gasteiger partial charge is 0.410 e. The van der Waals surface area contributed by atoms with Gasteiger partial charge in [-0.3, -0.25) is 9.69 Å². The number of amides is 2. The normalized spacial score (nSPS) is 18.7. The number of piperidine rings is 1. The number of anilines is 2. The number of alkyl halides is 1. The number of rotatable bonds is 6. The van der Waals surface area contributed by atoms with Crippen LogP contribution in [0.25, 0.3) is 11.4 Å². The minimum Gasteiger partial charge on any atom is -0.486 e. The van der Waals surface area contributed by atoms with E-state index in [4.69, 9.17) is 9.47 Å². The second-order valence-corrected chi connectivity index (χ2v) is 11.8. The Morgan fingerprint density at radius 1 is 1.14 bits per heavy atom. The van der Waals surface area contributed by atoms with Crippen molar-refractivity contribution in [1.82, 2.24) is 24.8 Å². The van der Waals surface area contributed by atoms with Gasteiger partial charge < -0.3 is 24.8 Å². The number of carbonyl (C=O) groups excluding carboxylic acids is 2. The highest BCUT2D eigenvalue weighted by Crippen LogP contribution is 2.30. The first-order chi connectivity index (χ1) is 20.9. The van der Waals surface area contributed by atoms with Gasteiger partial charge in [0.25, 0.3) is 5.91 Å². The number of nitrogens with zero attached hydrogens (tertiary/aromatic N) is 6. The predicted molar refractivity (Wildman–Crippen MR) is 157 cm³/mol. The molecule has 3 aromatic rings. The van der Waals surface area contributed by atoms with E-state index in [9.17, 15) is 24.3 Å². The summed E-state index contributed by atoms with van der Waals surface area (Å²) in [6.07, 6.45) is -2.31. The first-order valence-electron chi connectivity index (χ1n) is 14.3. The molecule has 2 aliphatic heterocycles. The first kappa shape index (κ1) is 30.6. The van der Waals surface area contributed by atoms with Gasteiger partial charge >= 0.3 is 6.09 Å². The zero-order valence-electron chi connectivity index (χ0n) is 25.0. The number of aliphatic hydroxyl groups is 1.